The zero-order valence-electron chi connectivity index (χ0n) is 27.9. The van der Waals surface area contributed by atoms with E-state index in [0.717, 1.165) is 10.0 Å². The van der Waals surface area contributed by atoms with Crippen molar-refractivity contribution in [3.05, 3.63) is 136 Å². The van der Waals surface area contributed by atoms with E-state index in [2.05, 4.69) is 15.9 Å². The molecule has 51 heavy (non-hydrogen) atoms. The van der Waals surface area contributed by atoms with Gasteiger partial charge in [-0.15, -0.1) is 0 Å². The molecule has 4 aromatic rings. The van der Waals surface area contributed by atoms with Gasteiger partial charge in [0.25, 0.3) is 0 Å². The molecule has 256 valence electrons. The molecule has 0 aromatic heterocycles. The minimum atomic E-state index is -1.47. The largest absolute Gasteiger partial charge is 0.508 e. The molecule has 0 bridgehead atoms. The van der Waals surface area contributed by atoms with Gasteiger partial charge >= 0.3 is 0 Å². The van der Waals surface area contributed by atoms with Crippen LogP contribution in [0, 0.1) is 23.7 Å². The quantitative estimate of drug-likeness (QED) is 0.164. The molecule has 0 radical (unpaired) electrons. The first-order valence-electron chi connectivity index (χ1n) is 16.9. The van der Waals surface area contributed by atoms with Crippen molar-refractivity contribution in [3.8, 4) is 17.2 Å². The number of carbonyl (C=O) groups excluding carboxylic acids is 4. The van der Waals surface area contributed by atoms with Crippen LogP contribution in [0.5, 0.6) is 17.2 Å². The molecule has 1 aliphatic heterocycles. The number of benzene rings is 4. The van der Waals surface area contributed by atoms with Gasteiger partial charge in [0, 0.05) is 39.6 Å². The van der Waals surface area contributed by atoms with E-state index in [1.807, 2.05) is 66.7 Å². The minimum absolute atomic E-state index is 0.0955. The van der Waals surface area contributed by atoms with Crippen molar-refractivity contribution in [1.29, 1.82) is 0 Å². The van der Waals surface area contributed by atoms with Crippen molar-refractivity contribution in [1.82, 2.24) is 0 Å². The first kappa shape index (κ1) is 32.9. The molecular formula is C42H34BrNO7. The van der Waals surface area contributed by atoms with Crippen LogP contribution < -0.4 is 14.4 Å². The van der Waals surface area contributed by atoms with Crippen LogP contribution in [0.15, 0.2) is 119 Å². The van der Waals surface area contributed by atoms with Crippen LogP contribution >= 0.6 is 15.9 Å². The van der Waals surface area contributed by atoms with Crippen LogP contribution in [0.4, 0.5) is 5.69 Å². The standard InChI is InChI=1S/C42H34BrNO7/c1-50-33-19-27(45)20-34(51-2)37(33)38-28-17-18-29-36(41(49)44(40(29)48)26-15-13-25(43)14-16-26)31(28)21-32-39(47)30(23-9-5-3-6-10-23)22-35(46)42(32,38)24-11-7-4-8-12-24/h3-17,19-20,22,29,31-32,36,38,45H,18,21H2,1-2H3/t29-,31+,32-,36-,38+,42-/m0/s1. The van der Waals surface area contributed by atoms with E-state index in [1.165, 1.54) is 37.3 Å². The first-order valence-corrected chi connectivity index (χ1v) is 17.7. The third-order valence-electron chi connectivity index (χ3n) is 11.3. The number of nitrogens with zero attached hydrogens (tertiary/aromatic N) is 1. The van der Waals surface area contributed by atoms with Gasteiger partial charge < -0.3 is 14.6 Å². The van der Waals surface area contributed by atoms with Crippen molar-refractivity contribution < 1.29 is 33.8 Å². The molecule has 3 aliphatic carbocycles. The Bertz CT molecular complexity index is 2140. The Morgan fingerprint density at radius 3 is 2.06 bits per heavy atom. The average molecular weight is 745 g/mol. The summed E-state index contributed by atoms with van der Waals surface area (Å²) >= 11 is 3.44. The van der Waals surface area contributed by atoms with Gasteiger partial charge in [0.2, 0.25) is 11.8 Å². The molecule has 6 atom stereocenters. The molecule has 0 unspecified atom stereocenters. The number of imide groups is 1. The van der Waals surface area contributed by atoms with Crippen molar-refractivity contribution in [3.63, 3.8) is 0 Å². The number of anilines is 1. The number of ketones is 2. The summed E-state index contributed by atoms with van der Waals surface area (Å²) in [5.41, 5.74) is 1.85. The van der Waals surface area contributed by atoms with Crippen LogP contribution in [0.2, 0.25) is 0 Å². The fourth-order valence-electron chi connectivity index (χ4n) is 9.24. The molecule has 4 aliphatic rings. The van der Waals surface area contributed by atoms with Gasteiger partial charge in [-0.2, -0.15) is 0 Å². The molecule has 8 nitrogen and oxygen atoms in total. The van der Waals surface area contributed by atoms with Crippen molar-refractivity contribution in [2.75, 3.05) is 19.1 Å². The maximum absolute atomic E-state index is 15.3. The summed E-state index contributed by atoms with van der Waals surface area (Å²) in [6.07, 6.45) is 3.91. The second-order valence-electron chi connectivity index (χ2n) is 13.5. The monoisotopic (exact) mass is 743 g/mol. The number of hydrogen-bond acceptors (Lipinski definition) is 7. The number of halogens is 1. The molecule has 0 spiro atoms. The highest BCUT2D eigenvalue weighted by atomic mass is 79.9. The van der Waals surface area contributed by atoms with E-state index in [4.69, 9.17) is 9.47 Å². The summed E-state index contributed by atoms with van der Waals surface area (Å²) in [5.74, 6) is -4.37. The highest BCUT2D eigenvalue weighted by molar-refractivity contribution is 9.10. The number of methoxy groups -OCH3 is 2. The number of amides is 2. The number of rotatable bonds is 6. The third-order valence-corrected chi connectivity index (χ3v) is 11.8. The molecule has 2 fully saturated rings. The Labute approximate surface area is 303 Å². The summed E-state index contributed by atoms with van der Waals surface area (Å²) in [4.78, 5) is 60.4. The molecule has 9 heteroatoms. The number of fused-ring (bicyclic) bond motifs is 4. The molecule has 1 saturated carbocycles. The maximum Gasteiger partial charge on any atom is 0.238 e. The normalized spacial score (nSPS) is 26.9. The van der Waals surface area contributed by atoms with Crippen LogP contribution in [0.3, 0.4) is 0 Å². The number of phenolic OH excluding ortho intramolecular Hbond substituents is 1. The lowest BCUT2D eigenvalue weighted by molar-refractivity contribution is -0.135. The van der Waals surface area contributed by atoms with Gasteiger partial charge in [0.1, 0.15) is 17.2 Å². The maximum atomic E-state index is 15.3. The Morgan fingerprint density at radius 1 is 0.804 bits per heavy atom. The lowest BCUT2D eigenvalue weighted by atomic mass is 9.44. The van der Waals surface area contributed by atoms with E-state index in [1.54, 1.807) is 24.3 Å². The summed E-state index contributed by atoms with van der Waals surface area (Å²) in [6.45, 7) is 0. The van der Waals surface area contributed by atoms with Gasteiger partial charge in [-0.3, -0.25) is 24.1 Å². The lowest BCUT2D eigenvalue weighted by Gasteiger charge is -2.55. The number of carbonyl (C=O) groups is 4. The summed E-state index contributed by atoms with van der Waals surface area (Å²) in [6, 6.07) is 28.5. The molecule has 1 N–H and O–H groups in total. The van der Waals surface area contributed by atoms with Crippen LogP contribution in [0.25, 0.3) is 5.57 Å². The zero-order valence-corrected chi connectivity index (χ0v) is 29.5. The number of hydrogen-bond donors (Lipinski definition) is 1. The predicted octanol–water partition coefficient (Wildman–Crippen LogP) is 7.20. The highest BCUT2D eigenvalue weighted by Crippen LogP contribution is 2.65. The number of aromatic hydroxyl groups is 1. The van der Waals surface area contributed by atoms with E-state index < -0.39 is 35.0 Å². The van der Waals surface area contributed by atoms with Crippen molar-refractivity contribution in [2.24, 2.45) is 23.7 Å². The van der Waals surface area contributed by atoms with Crippen LogP contribution in [-0.4, -0.2) is 42.7 Å². The Kier molecular flexibility index (Phi) is 8.06. The first-order chi connectivity index (χ1) is 24.7. The molecule has 2 amide bonds. The smallest absolute Gasteiger partial charge is 0.238 e. The van der Waals surface area contributed by atoms with E-state index >= 15 is 9.59 Å². The van der Waals surface area contributed by atoms with Crippen LogP contribution in [-0.2, 0) is 24.6 Å². The molecule has 1 saturated heterocycles. The number of Topliss-reactive ketones (excluding diaryl/α,β-unsaturated/α-hetero) is 1. The number of allylic oxidation sites excluding steroid dienone is 4. The minimum Gasteiger partial charge on any atom is -0.508 e. The second-order valence-corrected chi connectivity index (χ2v) is 14.5. The molecular weight excluding hydrogens is 710 g/mol. The van der Waals surface area contributed by atoms with Gasteiger partial charge in [-0.1, -0.05) is 88.2 Å². The van der Waals surface area contributed by atoms with Crippen LogP contribution in [0.1, 0.15) is 35.4 Å². The third kappa shape index (κ3) is 4.85. The fraction of sp³-hybridized carbons (Fsp3) is 0.238. The lowest BCUT2D eigenvalue weighted by Crippen LogP contribution is -2.59. The highest BCUT2D eigenvalue weighted by Gasteiger charge is 2.66. The van der Waals surface area contributed by atoms with Crippen molar-refractivity contribution in [2.45, 2.75) is 24.2 Å². The van der Waals surface area contributed by atoms with E-state index in [0.29, 0.717) is 28.0 Å². The fourth-order valence-corrected chi connectivity index (χ4v) is 9.51. The Hall–Kier alpha value is -5.28. The number of ether oxygens (including phenoxy) is 2. The summed E-state index contributed by atoms with van der Waals surface area (Å²) in [5, 5.41) is 10.7. The van der Waals surface area contributed by atoms with Gasteiger partial charge in [-0.05, 0) is 60.2 Å². The SMILES string of the molecule is COc1cc(O)cc(OC)c1[C@H]1C2=CC[C@@H]3C(=O)N(c4ccc(Br)cc4)C(=O)[C@@H]3[C@@H]2C[C@H]2C(=O)C(c3ccccc3)=CC(=O)[C@@]12c1ccccc1. The van der Waals surface area contributed by atoms with Crippen molar-refractivity contribution >= 4 is 50.6 Å². The molecule has 4 aromatic carbocycles. The second kappa shape index (κ2) is 12.5. The van der Waals surface area contributed by atoms with Gasteiger partial charge in [-0.25, -0.2) is 0 Å². The van der Waals surface area contributed by atoms with Gasteiger partial charge in [0.15, 0.2) is 11.6 Å². The Morgan fingerprint density at radius 2 is 1.43 bits per heavy atom. The average Bonchev–Trinajstić information content (AvgIpc) is 3.41. The number of phenols is 1. The zero-order chi connectivity index (χ0) is 35.6. The summed E-state index contributed by atoms with van der Waals surface area (Å²) in [7, 11) is 2.96. The summed E-state index contributed by atoms with van der Waals surface area (Å²) < 4.78 is 12.6. The van der Waals surface area contributed by atoms with E-state index in [-0.39, 0.29) is 53.5 Å². The predicted molar refractivity (Wildman–Crippen MR) is 194 cm³/mol. The van der Waals surface area contributed by atoms with E-state index in [9.17, 15) is 14.7 Å². The topological polar surface area (TPSA) is 110 Å². The molecule has 8 rings (SSSR count). The molecule has 1 heterocycles. The Balaban J connectivity index is 1.40. The van der Waals surface area contributed by atoms with Gasteiger partial charge in [0.05, 0.1) is 37.2 Å².